The minimum absolute atomic E-state index is 0.146. The maximum absolute atomic E-state index is 12.3. The molecule has 1 atom stereocenters. The Morgan fingerprint density at radius 1 is 1.33 bits per heavy atom. The second-order valence-corrected chi connectivity index (χ2v) is 6.52. The predicted octanol–water partition coefficient (Wildman–Crippen LogP) is -2.79. The van der Waals surface area contributed by atoms with Crippen LogP contribution in [0.25, 0.3) is 0 Å². The van der Waals surface area contributed by atoms with E-state index in [-0.39, 0.29) is 6.42 Å². The third kappa shape index (κ3) is 4.83. The van der Waals surface area contributed by atoms with E-state index in [2.05, 4.69) is 12.4 Å². The summed E-state index contributed by atoms with van der Waals surface area (Å²) in [6.07, 6.45) is -0.146. The van der Waals surface area contributed by atoms with E-state index in [1.807, 2.05) is 0 Å². The molecule has 0 bridgehead atoms. The lowest BCUT2D eigenvalue weighted by Gasteiger charge is -2.33. The van der Waals surface area contributed by atoms with Gasteiger partial charge in [0.2, 0.25) is 5.91 Å². The van der Waals surface area contributed by atoms with Crippen molar-refractivity contribution < 1.29 is 29.2 Å². The number of piperazine rings is 1. The Balaban J connectivity index is 2.03. The van der Waals surface area contributed by atoms with Crippen molar-refractivity contribution in [2.24, 2.45) is 0 Å². The van der Waals surface area contributed by atoms with E-state index in [1.165, 1.54) is 12.0 Å². The van der Waals surface area contributed by atoms with Crippen molar-refractivity contribution in [3.05, 3.63) is 23.2 Å². The van der Waals surface area contributed by atoms with Crippen molar-refractivity contribution in [3.63, 3.8) is 0 Å². The molecule has 1 aromatic carbocycles. The quantitative estimate of drug-likeness (QED) is 0.514. The molecule has 1 aromatic rings. The second-order valence-electron chi connectivity index (χ2n) is 6.08. The van der Waals surface area contributed by atoms with Gasteiger partial charge in [-0.25, -0.2) is 0 Å². The lowest BCUT2D eigenvalue weighted by molar-refractivity contribution is -1.01. The molecular formula is C16H23ClN3O4+. The Morgan fingerprint density at radius 3 is 2.58 bits per heavy atom. The zero-order valence-corrected chi connectivity index (χ0v) is 14.6. The number of carbonyl (C=O) groups excluding carboxylic acids is 2. The summed E-state index contributed by atoms with van der Waals surface area (Å²) in [5, 5.41) is 14.6. The smallest absolute Gasteiger partial charge is 0.230 e. The van der Waals surface area contributed by atoms with Gasteiger partial charge < -0.3 is 29.8 Å². The number of anilines is 1. The zero-order valence-electron chi connectivity index (χ0n) is 13.9. The highest BCUT2D eigenvalue weighted by molar-refractivity contribution is 6.31. The maximum Gasteiger partial charge on any atom is 0.230 e. The normalized spacial score (nSPS) is 21.8. The first-order chi connectivity index (χ1) is 11.4. The van der Waals surface area contributed by atoms with Gasteiger partial charge in [0, 0.05) is 5.02 Å². The maximum atomic E-state index is 12.3. The number of likely N-dealkylation sites (N-methyl/N-ethyl adjacent to an activating group) is 1. The third-order valence-corrected chi connectivity index (χ3v) is 4.58. The zero-order chi connectivity index (χ0) is 17.7. The lowest BCUT2D eigenvalue weighted by atomic mass is 10.1. The van der Waals surface area contributed by atoms with Gasteiger partial charge in [-0.2, -0.15) is 0 Å². The summed E-state index contributed by atoms with van der Waals surface area (Å²) < 4.78 is 5.17. The monoisotopic (exact) mass is 356 g/mol. The van der Waals surface area contributed by atoms with Gasteiger partial charge in [-0.15, -0.1) is 0 Å². The predicted molar refractivity (Wildman–Crippen MR) is 87.4 cm³/mol. The fourth-order valence-electron chi connectivity index (χ4n) is 2.91. The topological polar surface area (TPSA) is 87.3 Å². The van der Waals surface area contributed by atoms with Gasteiger partial charge in [0.05, 0.1) is 32.2 Å². The van der Waals surface area contributed by atoms with E-state index < -0.39 is 17.9 Å². The van der Waals surface area contributed by atoms with E-state index in [0.717, 1.165) is 18.0 Å². The number of hydrogen-bond acceptors (Lipinski definition) is 4. The third-order valence-electron chi connectivity index (χ3n) is 4.35. The Morgan fingerprint density at radius 2 is 2.00 bits per heavy atom. The molecule has 24 heavy (non-hydrogen) atoms. The van der Waals surface area contributed by atoms with Crippen LogP contribution in [-0.4, -0.2) is 58.3 Å². The van der Waals surface area contributed by atoms with Crippen molar-refractivity contribution in [3.8, 4) is 5.75 Å². The van der Waals surface area contributed by atoms with Gasteiger partial charge in [0.25, 0.3) is 0 Å². The first-order valence-corrected chi connectivity index (χ1v) is 8.28. The van der Waals surface area contributed by atoms with Gasteiger partial charge >= 0.3 is 0 Å². The highest BCUT2D eigenvalue weighted by atomic mass is 35.5. The van der Waals surface area contributed by atoms with E-state index in [1.54, 1.807) is 18.2 Å². The summed E-state index contributed by atoms with van der Waals surface area (Å²) in [4.78, 5) is 26.0. The van der Waals surface area contributed by atoms with Crippen LogP contribution < -0.4 is 25.0 Å². The molecular weight excluding hydrogens is 334 g/mol. The average Bonchev–Trinajstić information content (AvgIpc) is 2.53. The SMILES string of the molecule is COc1ccc(Cl)cc1NC(=O)C[C@H](C(=O)[O-])[NH+]1CC[NH+](C)CC1. The number of quaternary nitrogens is 2. The molecule has 1 aliphatic heterocycles. The fraction of sp³-hybridized carbons (Fsp3) is 0.500. The van der Waals surface area contributed by atoms with E-state index in [4.69, 9.17) is 16.3 Å². The van der Waals surface area contributed by atoms with Crippen LogP contribution in [0.5, 0.6) is 5.75 Å². The van der Waals surface area contributed by atoms with E-state index in [9.17, 15) is 14.7 Å². The molecule has 0 aromatic heterocycles. The number of carbonyl (C=O) groups is 2. The van der Waals surface area contributed by atoms with Gasteiger partial charge in [0.15, 0.2) is 0 Å². The molecule has 0 radical (unpaired) electrons. The number of methoxy groups -OCH3 is 1. The van der Waals surface area contributed by atoms with Crippen LogP contribution in [0.3, 0.4) is 0 Å². The average molecular weight is 357 g/mol. The molecule has 1 saturated heterocycles. The molecule has 3 N–H and O–H groups in total. The Hall–Kier alpha value is -1.83. The molecule has 0 saturated carbocycles. The number of carboxylic acid groups (broad SMARTS) is 1. The highest BCUT2D eigenvalue weighted by Gasteiger charge is 2.31. The summed E-state index contributed by atoms with van der Waals surface area (Å²) >= 11 is 5.93. The second kappa shape index (κ2) is 8.32. The van der Waals surface area contributed by atoms with Gasteiger partial charge in [-0.1, -0.05) is 11.6 Å². The minimum atomic E-state index is -1.20. The van der Waals surface area contributed by atoms with Crippen molar-refractivity contribution in [2.75, 3.05) is 45.7 Å². The lowest BCUT2D eigenvalue weighted by Crippen LogP contribution is -3.29. The summed E-state index contributed by atoms with van der Waals surface area (Å²) in [7, 11) is 3.56. The Labute approximate surface area is 146 Å². The van der Waals surface area contributed by atoms with E-state index in [0.29, 0.717) is 29.5 Å². The van der Waals surface area contributed by atoms with Crippen molar-refractivity contribution in [1.82, 2.24) is 0 Å². The van der Waals surface area contributed by atoms with Crippen LogP contribution in [0.15, 0.2) is 18.2 Å². The minimum Gasteiger partial charge on any atom is -0.544 e. The van der Waals surface area contributed by atoms with Crippen LogP contribution in [0.4, 0.5) is 5.69 Å². The molecule has 1 amide bonds. The van der Waals surface area contributed by atoms with E-state index >= 15 is 0 Å². The summed E-state index contributed by atoms with van der Waals surface area (Å²) in [5.74, 6) is -1.13. The molecule has 0 unspecified atom stereocenters. The standard InChI is InChI=1S/C16H22ClN3O4/c1-19-5-7-20(8-6-19)13(16(22)23)10-15(21)18-12-9-11(17)3-4-14(12)24-2/h3-4,9,13H,5-8,10H2,1-2H3,(H,18,21)(H,22,23)/p+1/t13-/m1/s1. The first-order valence-electron chi connectivity index (χ1n) is 7.91. The molecule has 8 heteroatoms. The molecule has 2 rings (SSSR count). The van der Waals surface area contributed by atoms with Crippen LogP contribution in [0.2, 0.25) is 5.02 Å². The van der Waals surface area contributed by atoms with Crippen LogP contribution in [0, 0.1) is 0 Å². The number of ether oxygens (including phenoxy) is 1. The number of aliphatic carboxylic acids is 1. The molecule has 1 aliphatic rings. The van der Waals surface area contributed by atoms with Crippen LogP contribution in [0.1, 0.15) is 6.42 Å². The van der Waals surface area contributed by atoms with Gasteiger partial charge in [-0.05, 0) is 18.2 Å². The fourth-order valence-corrected chi connectivity index (χ4v) is 3.08. The number of amides is 1. The number of benzene rings is 1. The number of nitrogens with one attached hydrogen (secondary N) is 3. The molecule has 1 heterocycles. The van der Waals surface area contributed by atoms with Crippen molar-refractivity contribution >= 4 is 29.2 Å². The van der Waals surface area contributed by atoms with Crippen LogP contribution >= 0.6 is 11.6 Å². The Bertz CT molecular complexity index is 603. The van der Waals surface area contributed by atoms with Gasteiger partial charge in [-0.3, -0.25) is 4.79 Å². The summed E-state index contributed by atoms with van der Waals surface area (Å²) in [5.41, 5.74) is 0.421. The molecule has 0 spiro atoms. The molecule has 1 fully saturated rings. The number of halogens is 1. The number of rotatable bonds is 6. The first kappa shape index (κ1) is 18.5. The van der Waals surface area contributed by atoms with Crippen LogP contribution in [-0.2, 0) is 9.59 Å². The summed E-state index contributed by atoms with van der Waals surface area (Å²) in [6.45, 7) is 3.17. The number of hydrogen-bond donors (Lipinski definition) is 3. The Kier molecular flexibility index (Phi) is 6.42. The largest absolute Gasteiger partial charge is 0.544 e. The van der Waals surface area contributed by atoms with Gasteiger partial charge in [0.1, 0.15) is 38.0 Å². The molecule has 7 nitrogen and oxygen atoms in total. The summed E-state index contributed by atoms with van der Waals surface area (Å²) in [6, 6.07) is 4.00. The molecule has 132 valence electrons. The molecule has 0 aliphatic carbocycles. The highest BCUT2D eigenvalue weighted by Crippen LogP contribution is 2.27. The number of carboxylic acids is 1. The van der Waals surface area contributed by atoms with Crippen molar-refractivity contribution in [1.29, 1.82) is 0 Å². The van der Waals surface area contributed by atoms with Crippen molar-refractivity contribution in [2.45, 2.75) is 12.5 Å².